The second-order valence-electron chi connectivity index (χ2n) is 6.60. The molecule has 1 aliphatic heterocycles. The van der Waals surface area contributed by atoms with Gasteiger partial charge in [0.25, 0.3) is 5.91 Å². The van der Waals surface area contributed by atoms with E-state index in [0.29, 0.717) is 11.6 Å². The molecule has 1 atom stereocenters. The number of carbonyl (C=O) groups is 1. The van der Waals surface area contributed by atoms with E-state index in [1.165, 1.54) is 0 Å². The zero-order valence-corrected chi connectivity index (χ0v) is 14.1. The Morgan fingerprint density at radius 3 is 3.08 bits per heavy atom. The smallest absolute Gasteiger partial charge is 0.273 e. The molecule has 2 aromatic heterocycles. The van der Waals surface area contributed by atoms with Crippen molar-refractivity contribution in [3.05, 3.63) is 36.1 Å². The summed E-state index contributed by atoms with van der Waals surface area (Å²) in [6, 6.07) is 1.80. The van der Waals surface area contributed by atoms with E-state index >= 15 is 0 Å². The third-order valence-corrected chi connectivity index (χ3v) is 4.03. The first-order chi connectivity index (χ1) is 11.6. The summed E-state index contributed by atoms with van der Waals surface area (Å²) in [4.78, 5) is 23.0. The van der Waals surface area contributed by atoms with Crippen LogP contribution in [0.1, 0.15) is 42.9 Å². The molecule has 1 amide bonds. The highest BCUT2D eigenvalue weighted by Gasteiger charge is 2.24. The lowest BCUT2D eigenvalue weighted by atomic mass is 10.1. The van der Waals surface area contributed by atoms with Crippen LogP contribution in [0.2, 0.25) is 0 Å². The van der Waals surface area contributed by atoms with Crippen LogP contribution in [0.5, 0.6) is 0 Å². The molecule has 24 heavy (non-hydrogen) atoms. The number of aromatic nitrogens is 3. The summed E-state index contributed by atoms with van der Waals surface area (Å²) in [6.45, 7) is 5.85. The number of nitrogens with one attached hydrogen (secondary N) is 1. The summed E-state index contributed by atoms with van der Waals surface area (Å²) in [6.07, 6.45) is 7.82. The van der Waals surface area contributed by atoms with Crippen molar-refractivity contribution >= 4 is 11.7 Å². The fourth-order valence-corrected chi connectivity index (χ4v) is 2.94. The molecule has 0 aromatic carbocycles. The number of piperidine rings is 1. The summed E-state index contributed by atoms with van der Waals surface area (Å²) in [5, 5.41) is 6.94. The van der Waals surface area contributed by atoms with Crippen molar-refractivity contribution in [3.8, 4) is 0 Å². The Kier molecular flexibility index (Phi) is 5.08. The molecule has 3 rings (SSSR count). The number of amides is 1. The maximum Gasteiger partial charge on any atom is 0.273 e. The van der Waals surface area contributed by atoms with E-state index < -0.39 is 0 Å². The Morgan fingerprint density at radius 1 is 1.46 bits per heavy atom. The van der Waals surface area contributed by atoms with Gasteiger partial charge < -0.3 is 14.7 Å². The molecule has 0 bridgehead atoms. The maximum atomic E-state index is 12.4. The molecular formula is C17H23N5O2. The summed E-state index contributed by atoms with van der Waals surface area (Å²) in [5.74, 6) is 1.88. The van der Waals surface area contributed by atoms with Gasteiger partial charge in [-0.2, -0.15) is 0 Å². The van der Waals surface area contributed by atoms with Crippen LogP contribution >= 0.6 is 0 Å². The molecule has 1 N–H and O–H groups in total. The van der Waals surface area contributed by atoms with E-state index in [0.717, 1.165) is 43.9 Å². The minimum Gasteiger partial charge on any atom is -0.361 e. The number of nitrogens with zero attached hydrogens (tertiary/aromatic N) is 4. The first kappa shape index (κ1) is 16.4. The van der Waals surface area contributed by atoms with Crippen LogP contribution in [-0.4, -0.2) is 40.2 Å². The van der Waals surface area contributed by atoms with E-state index in [9.17, 15) is 4.79 Å². The Balaban J connectivity index is 1.59. The van der Waals surface area contributed by atoms with Gasteiger partial charge in [-0.3, -0.25) is 9.78 Å². The van der Waals surface area contributed by atoms with Crippen molar-refractivity contribution in [2.75, 3.05) is 18.0 Å². The molecule has 0 radical (unpaired) electrons. The van der Waals surface area contributed by atoms with Crippen LogP contribution in [0.25, 0.3) is 0 Å². The third kappa shape index (κ3) is 4.10. The molecule has 1 saturated heterocycles. The predicted molar refractivity (Wildman–Crippen MR) is 89.8 cm³/mol. The average molecular weight is 329 g/mol. The molecule has 7 heteroatoms. The van der Waals surface area contributed by atoms with Gasteiger partial charge in [0.05, 0.1) is 6.20 Å². The number of anilines is 1. The highest BCUT2D eigenvalue weighted by atomic mass is 16.5. The number of carbonyl (C=O) groups excluding carboxylic acids is 1. The quantitative estimate of drug-likeness (QED) is 0.904. The maximum absolute atomic E-state index is 12.4. The predicted octanol–water partition coefficient (Wildman–Crippen LogP) is 2.06. The van der Waals surface area contributed by atoms with Crippen molar-refractivity contribution in [1.29, 1.82) is 0 Å². The molecule has 0 aliphatic carbocycles. The second-order valence-corrected chi connectivity index (χ2v) is 6.60. The number of hydrogen-bond acceptors (Lipinski definition) is 6. The molecule has 1 aliphatic rings. The van der Waals surface area contributed by atoms with Gasteiger partial charge in [0.2, 0.25) is 0 Å². The van der Waals surface area contributed by atoms with E-state index in [1.54, 1.807) is 24.7 Å². The fraction of sp³-hybridized carbons (Fsp3) is 0.529. The van der Waals surface area contributed by atoms with Crippen molar-refractivity contribution in [2.45, 2.75) is 39.2 Å². The second kappa shape index (κ2) is 7.42. The van der Waals surface area contributed by atoms with Crippen molar-refractivity contribution in [2.24, 2.45) is 5.92 Å². The lowest BCUT2D eigenvalue weighted by Gasteiger charge is -2.33. The van der Waals surface area contributed by atoms with Gasteiger partial charge in [-0.1, -0.05) is 19.0 Å². The summed E-state index contributed by atoms with van der Waals surface area (Å²) < 4.78 is 5.24. The SMILES string of the molecule is CC(C)Cc1cc(C(=O)N[C@H]2CCCN(c3cnccn3)C2)no1. The Labute approximate surface area is 141 Å². The van der Waals surface area contributed by atoms with Crippen LogP contribution in [-0.2, 0) is 6.42 Å². The molecule has 0 saturated carbocycles. The molecule has 1 fully saturated rings. The molecule has 0 unspecified atom stereocenters. The van der Waals surface area contributed by atoms with Gasteiger partial charge in [0.15, 0.2) is 5.69 Å². The Morgan fingerprint density at radius 2 is 2.33 bits per heavy atom. The minimum absolute atomic E-state index is 0.0681. The fourth-order valence-electron chi connectivity index (χ4n) is 2.94. The van der Waals surface area contributed by atoms with Gasteiger partial charge in [-0.05, 0) is 18.8 Å². The normalized spacial score (nSPS) is 18.0. The molecule has 7 nitrogen and oxygen atoms in total. The first-order valence-corrected chi connectivity index (χ1v) is 8.39. The Hall–Kier alpha value is -2.44. The zero-order chi connectivity index (χ0) is 16.9. The lowest BCUT2D eigenvalue weighted by molar-refractivity contribution is 0.0924. The molecule has 3 heterocycles. The van der Waals surface area contributed by atoms with Crippen LogP contribution < -0.4 is 10.2 Å². The van der Waals surface area contributed by atoms with Crippen LogP contribution in [0.4, 0.5) is 5.82 Å². The molecule has 128 valence electrons. The zero-order valence-electron chi connectivity index (χ0n) is 14.1. The highest BCUT2D eigenvalue weighted by Crippen LogP contribution is 2.17. The van der Waals surface area contributed by atoms with Gasteiger partial charge in [-0.15, -0.1) is 0 Å². The van der Waals surface area contributed by atoms with Gasteiger partial charge in [-0.25, -0.2) is 4.98 Å². The Bertz CT molecular complexity index is 671. The van der Waals surface area contributed by atoms with Crippen molar-refractivity contribution in [3.63, 3.8) is 0 Å². The van der Waals surface area contributed by atoms with Crippen molar-refractivity contribution in [1.82, 2.24) is 20.4 Å². The van der Waals surface area contributed by atoms with Crippen LogP contribution in [0.3, 0.4) is 0 Å². The molecular weight excluding hydrogens is 306 g/mol. The monoisotopic (exact) mass is 329 g/mol. The first-order valence-electron chi connectivity index (χ1n) is 8.39. The number of rotatable bonds is 5. The third-order valence-electron chi connectivity index (χ3n) is 4.03. The molecule has 0 spiro atoms. The van der Waals surface area contributed by atoms with Gasteiger partial charge in [0, 0.05) is 44.0 Å². The topological polar surface area (TPSA) is 84.2 Å². The van der Waals surface area contributed by atoms with Gasteiger partial charge >= 0.3 is 0 Å². The summed E-state index contributed by atoms with van der Waals surface area (Å²) in [5.41, 5.74) is 0.349. The number of hydrogen-bond donors (Lipinski definition) is 1. The lowest BCUT2D eigenvalue weighted by Crippen LogP contribution is -2.48. The van der Waals surface area contributed by atoms with E-state index in [-0.39, 0.29) is 11.9 Å². The highest BCUT2D eigenvalue weighted by molar-refractivity contribution is 5.92. The van der Waals surface area contributed by atoms with Crippen molar-refractivity contribution < 1.29 is 9.32 Å². The van der Waals surface area contributed by atoms with Crippen LogP contribution in [0, 0.1) is 5.92 Å². The van der Waals surface area contributed by atoms with E-state index in [2.05, 4.69) is 39.2 Å². The minimum atomic E-state index is -0.181. The molecule has 2 aromatic rings. The van der Waals surface area contributed by atoms with E-state index in [1.807, 2.05) is 0 Å². The average Bonchev–Trinajstić information content (AvgIpc) is 3.04. The van der Waals surface area contributed by atoms with E-state index in [4.69, 9.17) is 4.52 Å². The largest absolute Gasteiger partial charge is 0.361 e. The summed E-state index contributed by atoms with van der Waals surface area (Å²) in [7, 11) is 0. The standard InChI is InChI=1S/C17H23N5O2/c1-12(2)8-14-9-15(21-24-14)17(23)20-13-4-3-7-22(11-13)16-10-18-5-6-19-16/h5-6,9-10,12-13H,3-4,7-8,11H2,1-2H3,(H,20,23)/t13-/m0/s1. The van der Waals surface area contributed by atoms with Gasteiger partial charge in [0.1, 0.15) is 11.6 Å². The van der Waals surface area contributed by atoms with Crippen LogP contribution in [0.15, 0.2) is 29.2 Å². The summed E-state index contributed by atoms with van der Waals surface area (Å²) >= 11 is 0.